The lowest BCUT2D eigenvalue weighted by molar-refractivity contribution is -0.146. The number of rotatable bonds is 9. The summed E-state index contributed by atoms with van der Waals surface area (Å²) in [6.45, 7) is 7.34. The number of carbonyl (C=O) groups is 3. The van der Waals surface area contributed by atoms with Crippen LogP contribution >= 0.6 is 11.3 Å². The van der Waals surface area contributed by atoms with Crippen molar-refractivity contribution in [1.29, 1.82) is 0 Å². The number of thiophene rings is 1. The normalized spacial score (nSPS) is 10.1. The highest BCUT2D eigenvalue weighted by Gasteiger charge is 2.26. The molecule has 0 unspecified atom stereocenters. The van der Waals surface area contributed by atoms with Crippen LogP contribution in [-0.4, -0.2) is 37.7 Å². The minimum absolute atomic E-state index is 0.111. The molecule has 2 rings (SSSR count). The minimum Gasteiger partial charge on any atom is -0.462 e. The summed E-state index contributed by atoms with van der Waals surface area (Å²) in [5.41, 5.74) is 1.65. The van der Waals surface area contributed by atoms with Crippen molar-refractivity contribution in [3.63, 3.8) is 0 Å². The van der Waals surface area contributed by atoms with Crippen LogP contribution in [0.3, 0.4) is 0 Å². The molecule has 1 N–H and O–H groups in total. The van der Waals surface area contributed by atoms with Crippen LogP contribution in [-0.2, 0) is 23.8 Å². The van der Waals surface area contributed by atoms with Gasteiger partial charge in [-0.05, 0) is 33.3 Å². The molecule has 0 atom stereocenters. The van der Waals surface area contributed by atoms with E-state index in [2.05, 4.69) is 5.32 Å². The fraction of sp³-hybridized carbons (Fsp3) is 0.318. The maximum atomic E-state index is 12.7. The number of hydrogen-bond acceptors (Lipinski definition) is 8. The topological polar surface area (TPSA) is 90.9 Å². The molecule has 0 amide bonds. The molecule has 0 radical (unpaired) electrons. The first-order chi connectivity index (χ1) is 14.4. The number of hydrogen-bond donors (Lipinski definition) is 1. The lowest BCUT2D eigenvalue weighted by atomic mass is 10.0. The maximum absolute atomic E-state index is 12.7. The second-order valence-electron chi connectivity index (χ2n) is 5.97. The van der Waals surface area contributed by atoms with Crippen molar-refractivity contribution >= 4 is 34.2 Å². The molecular formula is C22H25NO6S. The number of nitrogens with one attached hydrogen (secondary N) is 1. The van der Waals surface area contributed by atoms with Crippen molar-refractivity contribution in [2.45, 2.75) is 27.7 Å². The average molecular weight is 432 g/mol. The van der Waals surface area contributed by atoms with E-state index in [1.54, 1.807) is 20.8 Å². The summed E-state index contributed by atoms with van der Waals surface area (Å²) in [4.78, 5) is 38.0. The predicted octanol–water partition coefficient (Wildman–Crippen LogP) is 4.32. The Bertz CT molecular complexity index is 913. The zero-order chi connectivity index (χ0) is 22.1. The van der Waals surface area contributed by atoms with Crippen molar-refractivity contribution in [2.75, 3.05) is 25.1 Å². The summed E-state index contributed by atoms with van der Waals surface area (Å²) in [5, 5.41) is 3.37. The van der Waals surface area contributed by atoms with Gasteiger partial charge in [0.1, 0.15) is 10.6 Å². The molecular weight excluding hydrogens is 406 g/mol. The Morgan fingerprint density at radius 1 is 0.933 bits per heavy atom. The van der Waals surface area contributed by atoms with Crippen LogP contribution in [0.4, 0.5) is 5.00 Å². The van der Waals surface area contributed by atoms with E-state index in [1.807, 2.05) is 37.3 Å². The van der Waals surface area contributed by atoms with Gasteiger partial charge in [0.15, 0.2) is 5.57 Å². The molecule has 0 spiro atoms. The van der Waals surface area contributed by atoms with Gasteiger partial charge in [-0.25, -0.2) is 14.4 Å². The molecule has 0 bridgehead atoms. The van der Waals surface area contributed by atoms with E-state index < -0.39 is 17.9 Å². The third-order valence-electron chi connectivity index (χ3n) is 3.96. The van der Waals surface area contributed by atoms with Gasteiger partial charge in [-0.1, -0.05) is 30.3 Å². The first-order valence-corrected chi connectivity index (χ1v) is 10.4. The summed E-state index contributed by atoms with van der Waals surface area (Å²) < 4.78 is 15.1. The van der Waals surface area contributed by atoms with Crippen LogP contribution in [0.15, 0.2) is 42.1 Å². The molecule has 30 heavy (non-hydrogen) atoms. The molecule has 0 aliphatic carbocycles. The summed E-state index contributed by atoms with van der Waals surface area (Å²) >= 11 is 1.32. The summed E-state index contributed by atoms with van der Waals surface area (Å²) in [6.07, 6.45) is 1.21. The zero-order valence-electron chi connectivity index (χ0n) is 17.4. The number of benzene rings is 1. The second-order valence-corrected chi connectivity index (χ2v) is 7.19. The van der Waals surface area contributed by atoms with Crippen LogP contribution in [0.2, 0.25) is 0 Å². The molecule has 0 aliphatic rings. The van der Waals surface area contributed by atoms with Gasteiger partial charge in [0, 0.05) is 16.6 Å². The number of aryl methyl sites for hydroxylation is 1. The standard InChI is InChI=1S/C22H25NO6S/c1-5-27-20(24)16(21(25)28-6-2)13-23-19-18(22(26)29-7-3)17(14(4)30-19)15-11-9-8-10-12-15/h8-13,23H,5-7H2,1-4H3. The summed E-state index contributed by atoms with van der Waals surface area (Å²) in [6, 6.07) is 9.46. The first kappa shape index (κ1) is 23.2. The van der Waals surface area contributed by atoms with Gasteiger partial charge < -0.3 is 19.5 Å². The van der Waals surface area contributed by atoms with Gasteiger partial charge in [-0.2, -0.15) is 0 Å². The van der Waals surface area contributed by atoms with Gasteiger partial charge in [0.2, 0.25) is 0 Å². The number of ether oxygens (including phenoxy) is 3. The lowest BCUT2D eigenvalue weighted by Gasteiger charge is -2.09. The highest BCUT2D eigenvalue weighted by atomic mass is 32.1. The van der Waals surface area contributed by atoms with E-state index in [0.717, 1.165) is 16.0 Å². The van der Waals surface area contributed by atoms with Gasteiger partial charge in [0.05, 0.1) is 19.8 Å². The van der Waals surface area contributed by atoms with Crippen LogP contribution in [0.5, 0.6) is 0 Å². The van der Waals surface area contributed by atoms with Gasteiger partial charge in [-0.3, -0.25) is 0 Å². The van der Waals surface area contributed by atoms with Crippen LogP contribution in [0.25, 0.3) is 11.1 Å². The smallest absolute Gasteiger partial charge is 0.347 e. The first-order valence-electron chi connectivity index (χ1n) is 9.61. The van der Waals surface area contributed by atoms with E-state index in [0.29, 0.717) is 10.6 Å². The van der Waals surface area contributed by atoms with Crippen molar-refractivity contribution < 1.29 is 28.6 Å². The van der Waals surface area contributed by atoms with E-state index in [9.17, 15) is 14.4 Å². The van der Waals surface area contributed by atoms with E-state index >= 15 is 0 Å². The third-order valence-corrected chi connectivity index (χ3v) is 5.00. The molecule has 1 aromatic heterocycles. The Kier molecular flexibility index (Phi) is 8.61. The Labute approximate surface area is 179 Å². The number of esters is 3. The van der Waals surface area contributed by atoms with Gasteiger partial charge >= 0.3 is 17.9 Å². The molecule has 2 aromatic rings. The third kappa shape index (κ3) is 5.48. The highest BCUT2D eigenvalue weighted by Crippen LogP contribution is 2.40. The predicted molar refractivity (Wildman–Crippen MR) is 115 cm³/mol. The molecule has 0 saturated heterocycles. The average Bonchev–Trinajstić information content (AvgIpc) is 3.05. The largest absolute Gasteiger partial charge is 0.462 e. The summed E-state index contributed by atoms with van der Waals surface area (Å²) in [5.74, 6) is -2.11. The number of carbonyl (C=O) groups excluding carboxylic acids is 3. The molecule has 8 heteroatoms. The minimum atomic E-state index is -0.808. The molecule has 7 nitrogen and oxygen atoms in total. The molecule has 0 aliphatic heterocycles. The van der Waals surface area contributed by atoms with E-state index in [4.69, 9.17) is 14.2 Å². The fourth-order valence-corrected chi connectivity index (χ4v) is 3.79. The van der Waals surface area contributed by atoms with Crippen molar-refractivity contribution in [2.24, 2.45) is 0 Å². The van der Waals surface area contributed by atoms with Crippen molar-refractivity contribution in [3.8, 4) is 11.1 Å². The highest BCUT2D eigenvalue weighted by molar-refractivity contribution is 7.17. The van der Waals surface area contributed by atoms with Crippen LogP contribution < -0.4 is 5.32 Å². The van der Waals surface area contributed by atoms with E-state index in [1.165, 1.54) is 17.5 Å². The Morgan fingerprint density at radius 3 is 2.03 bits per heavy atom. The monoisotopic (exact) mass is 431 g/mol. The number of anilines is 1. The zero-order valence-corrected chi connectivity index (χ0v) is 18.3. The van der Waals surface area contributed by atoms with Gasteiger partial charge in [0.25, 0.3) is 0 Å². The fourth-order valence-electron chi connectivity index (χ4n) is 2.75. The second kappa shape index (κ2) is 11.2. The van der Waals surface area contributed by atoms with Crippen molar-refractivity contribution in [3.05, 3.63) is 52.5 Å². The Morgan fingerprint density at radius 2 is 1.50 bits per heavy atom. The Hall–Kier alpha value is -3.13. The molecule has 1 heterocycles. The molecule has 0 fully saturated rings. The van der Waals surface area contributed by atoms with E-state index in [-0.39, 0.29) is 25.4 Å². The van der Waals surface area contributed by atoms with Crippen LogP contribution in [0.1, 0.15) is 36.0 Å². The SMILES string of the molecule is CCOC(=O)C(=CNc1sc(C)c(-c2ccccc2)c1C(=O)OCC)C(=O)OCC. The summed E-state index contributed by atoms with van der Waals surface area (Å²) in [7, 11) is 0. The van der Waals surface area contributed by atoms with Crippen LogP contribution in [0, 0.1) is 6.92 Å². The van der Waals surface area contributed by atoms with Gasteiger partial charge in [-0.15, -0.1) is 11.3 Å². The lowest BCUT2D eigenvalue weighted by Crippen LogP contribution is -2.19. The Balaban J connectivity index is 2.52. The molecule has 160 valence electrons. The van der Waals surface area contributed by atoms with Crippen molar-refractivity contribution in [1.82, 2.24) is 0 Å². The molecule has 1 aromatic carbocycles. The molecule has 0 saturated carbocycles. The maximum Gasteiger partial charge on any atom is 0.347 e. The quantitative estimate of drug-likeness (QED) is 0.208.